The van der Waals surface area contributed by atoms with E-state index >= 15 is 0 Å². The highest BCUT2D eigenvalue weighted by Gasteiger charge is 2.21. The van der Waals surface area contributed by atoms with Gasteiger partial charge in [-0.25, -0.2) is 13.4 Å². The Labute approximate surface area is 173 Å². The standard InChI is InChI=1S/C23H18N4O2S/c28-30(29,15-17-9-4-5-10-19(17)16-7-2-1-3-8-16)18-13-21(25-14-18)22-20-11-6-12-24-23(20)27-26-22/h1-14,25H,15H2,(H,24,26,27). The molecule has 0 atom stereocenters. The van der Waals surface area contributed by atoms with Crippen LogP contribution in [0.5, 0.6) is 0 Å². The fourth-order valence-corrected chi connectivity index (χ4v) is 4.95. The van der Waals surface area contributed by atoms with Crippen LogP contribution in [0.15, 0.2) is 90.1 Å². The van der Waals surface area contributed by atoms with Crippen LogP contribution in [-0.2, 0) is 15.6 Å². The van der Waals surface area contributed by atoms with Crippen molar-refractivity contribution < 1.29 is 8.42 Å². The second-order valence-electron chi connectivity index (χ2n) is 7.00. The monoisotopic (exact) mass is 414 g/mol. The third-order valence-corrected chi connectivity index (χ3v) is 6.71. The maximum Gasteiger partial charge on any atom is 0.184 e. The molecule has 0 aliphatic carbocycles. The van der Waals surface area contributed by atoms with Crippen LogP contribution in [0.25, 0.3) is 33.5 Å². The van der Waals surface area contributed by atoms with E-state index in [0.717, 1.165) is 22.1 Å². The first kappa shape index (κ1) is 18.3. The average molecular weight is 414 g/mol. The van der Waals surface area contributed by atoms with Gasteiger partial charge in [0.2, 0.25) is 0 Å². The molecule has 3 aromatic heterocycles. The molecule has 30 heavy (non-hydrogen) atoms. The minimum atomic E-state index is -3.55. The van der Waals surface area contributed by atoms with Gasteiger partial charge < -0.3 is 4.98 Å². The number of sulfone groups is 1. The summed E-state index contributed by atoms with van der Waals surface area (Å²) in [5.41, 5.74) is 4.63. The van der Waals surface area contributed by atoms with Gasteiger partial charge in [0.1, 0.15) is 0 Å². The van der Waals surface area contributed by atoms with E-state index < -0.39 is 9.84 Å². The molecule has 0 spiro atoms. The second-order valence-corrected chi connectivity index (χ2v) is 8.99. The molecule has 0 bridgehead atoms. The van der Waals surface area contributed by atoms with E-state index in [1.807, 2.05) is 66.7 Å². The molecule has 0 amide bonds. The quantitative estimate of drug-likeness (QED) is 0.440. The molecule has 7 heteroatoms. The van der Waals surface area contributed by atoms with E-state index in [9.17, 15) is 8.42 Å². The topological polar surface area (TPSA) is 91.5 Å². The van der Waals surface area contributed by atoms with Gasteiger partial charge in [0.25, 0.3) is 0 Å². The summed E-state index contributed by atoms with van der Waals surface area (Å²) >= 11 is 0. The zero-order valence-electron chi connectivity index (χ0n) is 15.9. The third kappa shape index (κ3) is 3.29. The van der Waals surface area contributed by atoms with Crippen molar-refractivity contribution in [2.75, 3.05) is 0 Å². The molecule has 3 heterocycles. The molecule has 0 fully saturated rings. The van der Waals surface area contributed by atoms with Crippen LogP contribution >= 0.6 is 0 Å². The predicted molar refractivity (Wildman–Crippen MR) is 116 cm³/mol. The Bertz CT molecular complexity index is 1440. The molecule has 2 N–H and O–H groups in total. The Kier molecular flexibility index (Phi) is 4.44. The summed E-state index contributed by atoms with van der Waals surface area (Å²) in [6.45, 7) is 0. The van der Waals surface area contributed by atoms with Gasteiger partial charge in [-0.3, -0.25) is 5.10 Å². The number of benzene rings is 2. The zero-order chi connectivity index (χ0) is 20.6. The molecule has 0 unspecified atom stereocenters. The van der Waals surface area contributed by atoms with E-state index in [0.29, 0.717) is 17.0 Å². The molecule has 0 radical (unpaired) electrons. The number of nitrogens with zero attached hydrogens (tertiary/aromatic N) is 2. The predicted octanol–water partition coefficient (Wildman–Crippen LogP) is 4.59. The Morgan fingerprint density at radius 2 is 1.70 bits per heavy atom. The molecule has 5 aromatic rings. The lowest BCUT2D eigenvalue weighted by Crippen LogP contribution is -2.05. The van der Waals surface area contributed by atoms with Gasteiger partial charge in [-0.2, -0.15) is 5.10 Å². The first-order valence-electron chi connectivity index (χ1n) is 9.46. The molecule has 0 saturated heterocycles. The maximum atomic E-state index is 13.2. The largest absolute Gasteiger partial charge is 0.359 e. The Balaban J connectivity index is 1.49. The molecule has 0 aliphatic rings. The van der Waals surface area contributed by atoms with Gasteiger partial charge in [-0.15, -0.1) is 0 Å². The van der Waals surface area contributed by atoms with Crippen molar-refractivity contribution in [2.24, 2.45) is 0 Å². The maximum absolute atomic E-state index is 13.2. The van der Waals surface area contributed by atoms with Crippen molar-refractivity contribution >= 4 is 20.9 Å². The molecular weight excluding hydrogens is 396 g/mol. The summed E-state index contributed by atoms with van der Waals surface area (Å²) in [4.78, 5) is 7.51. The van der Waals surface area contributed by atoms with Crippen LogP contribution in [0.2, 0.25) is 0 Å². The number of hydrogen-bond acceptors (Lipinski definition) is 4. The third-order valence-electron chi connectivity index (χ3n) is 5.06. The lowest BCUT2D eigenvalue weighted by molar-refractivity contribution is 0.595. The van der Waals surface area contributed by atoms with Crippen LogP contribution in [-0.4, -0.2) is 28.6 Å². The molecule has 6 nitrogen and oxygen atoms in total. The first-order chi connectivity index (χ1) is 14.6. The number of H-pyrrole nitrogens is 2. The molecule has 2 aromatic carbocycles. The summed E-state index contributed by atoms with van der Waals surface area (Å²) < 4.78 is 26.3. The van der Waals surface area contributed by atoms with E-state index in [1.54, 1.807) is 12.3 Å². The molecule has 0 aliphatic heterocycles. The van der Waals surface area contributed by atoms with Crippen molar-refractivity contribution in [3.05, 3.63) is 90.8 Å². The number of aromatic nitrogens is 4. The van der Waals surface area contributed by atoms with Crippen molar-refractivity contribution in [3.8, 4) is 22.5 Å². The van der Waals surface area contributed by atoms with E-state index in [1.165, 1.54) is 6.20 Å². The van der Waals surface area contributed by atoms with Crippen LogP contribution in [0, 0.1) is 0 Å². The van der Waals surface area contributed by atoms with Gasteiger partial charge in [0, 0.05) is 17.8 Å². The number of nitrogens with one attached hydrogen (secondary N) is 2. The highest BCUT2D eigenvalue weighted by Crippen LogP contribution is 2.30. The molecule has 5 rings (SSSR count). The van der Waals surface area contributed by atoms with Gasteiger partial charge >= 0.3 is 0 Å². The van der Waals surface area contributed by atoms with Gasteiger partial charge in [0.05, 0.1) is 22.0 Å². The van der Waals surface area contributed by atoms with Crippen molar-refractivity contribution in [1.29, 1.82) is 0 Å². The Hall–Kier alpha value is -3.71. The summed E-state index contributed by atoms with van der Waals surface area (Å²) in [6.07, 6.45) is 3.20. The first-order valence-corrected chi connectivity index (χ1v) is 11.1. The van der Waals surface area contributed by atoms with Crippen LogP contribution in [0.3, 0.4) is 0 Å². The Morgan fingerprint density at radius 1 is 0.900 bits per heavy atom. The summed E-state index contributed by atoms with van der Waals surface area (Å²) in [7, 11) is -3.55. The van der Waals surface area contributed by atoms with E-state index in [2.05, 4.69) is 20.2 Å². The van der Waals surface area contributed by atoms with Crippen LogP contribution in [0.1, 0.15) is 5.56 Å². The van der Waals surface area contributed by atoms with Gasteiger partial charge in [0.15, 0.2) is 15.5 Å². The van der Waals surface area contributed by atoms with E-state index in [-0.39, 0.29) is 10.6 Å². The average Bonchev–Trinajstić information content (AvgIpc) is 3.42. The highest BCUT2D eigenvalue weighted by molar-refractivity contribution is 7.90. The highest BCUT2D eigenvalue weighted by atomic mass is 32.2. The molecule has 148 valence electrons. The summed E-state index contributed by atoms with van der Waals surface area (Å²) in [5, 5.41) is 7.94. The molecular formula is C23H18N4O2S. The smallest absolute Gasteiger partial charge is 0.184 e. The van der Waals surface area contributed by atoms with Crippen molar-refractivity contribution in [1.82, 2.24) is 20.2 Å². The van der Waals surface area contributed by atoms with Crippen LogP contribution in [0.4, 0.5) is 0 Å². The minimum Gasteiger partial charge on any atom is -0.359 e. The van der Waals surface area contributed by atoms with E-state index in [4.69, 9.17) is 0 Å². The summed E-state index contributed by atoms with van der Waals surface area (Å²) in [6, 6.07) is 22.8. The fourth-order valence-electron chi connectivity index (χ4n) is 3.59. The lowest BCUT2D eigenvalue weighted by atomic mass is 10.0. The lowest BCUT2D eigenvalue weighted by Gasteiger charge is -2.10. The van der Waals surface area contributed by atoms with Gasteiger partial charge in [-0.1, -0.05) is 54.6 Å². The number of hydrogen-bond donors (Lipinski definition) is 2. The van der Waals surface area contributed by atoms with Crippen molar-refractivity contribution in [3.63, 3.8) is 0 Å². The Morgan fingerprint density at radius 3 is 2.57 bits per heavy atom. The number of rotatable bonds is 5. The summed E-state index contributed by atoms with van der Waals surface area (Å²) in [5.74, 6) is -0.0827. The normalized spacial score (nSPS) is 11.7. The number of fused-ring (bicyclic) bond motifs is 1. The fraction of sp³-hybridized carbons (Fsp3) is 0.0435. The van der Waals surface area contributed by atoms with Gasteiger partial charge in [-0.05, 0) is 34.9 Å². The van der Waals surface area contributed by atoms with Crippen LogP contribution < -0.4 is 0 Å². The SMILES string of the molecule is O=S(=O)(Cc1ccccc1-c1ccccc1)c1c[nH]c(-c2[nH]nc3ncccc23)c1. The minimum absolute atomic E-state index is 0.0827. The zero-order valence-corrected chi connectivity index (χ0v) is 16.7. The molecule has 0 saturated carbocycles. The second kappa shape index (κ2) is 7.27. The van der Waals surface area contributed by atoms with Crippen molar-refractivity contribution in [2.45, 2.75) is 10.6 Å². The number of pyridine rings is 1. The number of aromatic amines is 2.